The number of nitrogens with zero attached hydrogens (tertiary/aromatic N) is 2. The normalized spacial score (nSPS) is 10.2. The lowest BCUT2D eigenvalue weighted by Gasteiger charge is -2.04. The predicted octanol–water partition coefficient (Wildman–Crippen LogP) is 2.78. The molecule has 5 nitrogen and oxygen atoms in total. The molecule has 0 spiro atoms. The number of carbonyl (C=O) groups is 1. The average molecular weight is 304 g/mol. The number of esters is 1. The van der Waals surface area contributed by atoms with Crippen molar-refractivity contribution in [2.75, 3.05) is 13.2 Å². The van der Waals surface area contributed by atoms with Crippen LogP contribution in [0.5, 0.6) is 5.75 Å². The summed E-state index contributed by atoms with van der Waals surface area (Å²) in [7, 11) is 0. The van der Waals surface area contributed by atoms with Crippen LogP contribution in [-0.4, -0.2) is 23.6 Å². The van der Waals surface area contributed by atoms with E-state index in [4.69, 9.17) is 21.2 Å². The van der Waals surface area contributed by atoms with Crippen molar-refractivity contribution in [1.82, 2.24) is 4.40 Å². The molecule has 0 aliphatic carbocycles. The molecule has 23 heavy (non-hydrogen) atoms. The molecule has 2 aromatic heterocycles. The van der Waals surface area contributed by atoms with Gasteiger partial charge in [0, 0.05) is 5.39 Å². The quantitative estimate of drug-likeness (QED) is 0.549. The number of hydrogen-bond acceptors (Lipinski definition) is 4. The number of para-hydroxylation sites is 1. The fourth-order valence-corrected chi connectivity index (χ4v) is 2.51. The van der Waals surface area contributed by atoms with Crippen molar-refractivity contribution < 1.29 is 14.3 Å². The van der Waals surface area contributed by atoms with Gasteiger partial charge < -0.3 is 13.9 Å². The second-order valence-corrected chi connectivity index (χ2v) is 4.74. The summed E-state index contributed by atoms with van der Waals surface area (Å²) in [6.45, 7) is -0.115. The molecule has 0 bridgehead atoms. The Balaban J connectivity index is 2.20. The van der Waals surface area contributed by atoms with Crippen LogP contribution in [0.1, 0.15) is 10.4 Å². The SMILES string of the molecule is C#CCOC(=O)c1c2ccccc2n2cc(OCC#N)ccc12. The molecule has 3 aromatic rings. The number of benzene rings is 1. The summed E-state index contributed by atoms with van der Waals surface area (Å²) in [6.07, 6.45) is 6.89. The fraction of sp³-hybridized carbons (Fsp3) is 0.111. The lowest BCUT2D eigenvalue weighted by Crippen LogP contribution is -2.05. The van der Waals surface area contributed by atoms with Crippen molar-refractivity contribution in [2.45, 2.75) is 0 Å². The Kier molecular flexibility index (Phi) is 3.86. The Bertz CT molecular complexity index is 973. The summed E-state index contributed by atoms with van der Waals surface area (Å²) in [6, 6.07) is 12.9. The molecule has 112 valence electrons. The molecular formula is C18H12N2O3. The van der Waals surface area contributed by atoms with E-state index in [-0.39, 0.29) is 13.2 Å². The number of pyridine rings is 1. The van der Waals surface area contributed by atoms with E-state index >= 15 is 0 Å². The number of terminal acetylenes is 1. The van der Waals surface area contributed by atoms with Crippen LogP contribution in [-0.2, 0) is 4.74 Å². The van der Waals surface area contributed by atoms with Gasteiger partial charge in [-0.2, -0.15) is 5.26 Å². The highest BCUT2D eigenvalue weighted by Crippen LogP contribution is 2.29. The van der Waals surface area contributed by atoms with Crippen molar-refractivity contribution >= 4 is 22.4 Å². The van der Waals surface area contributed by atoms with Crippen LogP contribution < -0.4 is 4.74 Å². The molecule has 0 saturated heterocycles. The van der Waals surface area contributed by atoms with Gasteiger partial charge in [0.05, 0.1) is 22.8 Å². The van der Waals surface area contributed by atoms with Gasteiger partial charge in [-0.3, -0.25) is 0 Å². The largest absolute Gasteiger partial charge is 0.477 e. The van der Waals surface area contributed by atoms with Crippen LogP contribution in [0.25, 0.3) is 16.4 Å². The van der Waals surface area contributed by atoms with E-state index in [9.17, 15) is 4.79 Å². The predicted molar refractivity (Wildman–Crippen MR) is 85.1 cm³/mol. The standard InChI is InChI=1S/C18H12N2O3/c1-2-10-23-18(21)17-14-5-3-4-6-15(14)20-12-13(22-11-9-19)7-8-16(17)20/h1,3-8,12H,10-11H2. The lowest BCUT2D eigenvalue weighted by atomic mass is 10.1. The van der Waals surface area contributed by atoms with Crippen LogP contribution in [0.15, 0.2) is 42.6 Å². The monoisotopic (exact) mass is 304 g/mol. The van der Waals surface area contributed by atoms with E-state index in [1.54, 1.807) is 18.3 Å². The van der Waals surface area contributed by atoms with Gasteiger partial charge in [0.2, 0.25) is 0 Å². The number of rotatable bonds is 4. The van der Waals surface area contributed by atoms with Crippen LogP contribution >= 0.6 is 0 Å². The van der Waals surface area contributed by atoms with Gasteiger partial charge in [-0.25, -0.2) is 4.79 Å². The molecule has 2 heterocycles. The molecule has 0 amide bonds. The highest BCUT2D eigenvalue weighted by molar-refractivity contribution is 6.11. The minimum atomic E-state index is -0.465. The van der Waals surface area contributed by atoms with Crippen molar-refractivity contribution in [2.24, 2.45) is 0 Å². The molecule has 0 N–H and O–H groups in total. The third-order valence-electron chi connectivity index (χ3n) is 3.40. The zero-order chi connectivity index (χ0) is 16.2. The smallest absolute Gasteiger partial charge is 0.341 e. The second-order valence-electron chi connectivity index (χ2n) is 4.74. The molecule has 0 atom stereocenters. The summed E-state index contributed by atoms with van der Waals surface area (Å²) in [4.78, 5) is 12.3. The maximum absolute atomic E-state index is 12.3. The molecule has 3 rings (SSSR count). The minimum Gasteiger partial charge on any atom is -0.477 e. The summed E-state index contributed by atoms with van der Waals surface area (Å²) in [5.41, 5.74) is 2.00. The Morgan fingerprint density at radius 3 is 2.78 bits per heavy atom. The van der Waals surface area contributed by atoms with E-state index in [1.165, 1.54) is 0 Å². The zero-order valence-corrected chi connectivity index (χ0v) is 12.2. The van der Waals surface area contributed by atoms with E-state index in [0.717, 1.165) is 10.9 Å². The van der Waals surface area contributed by atoms with E-state index in [0.29, 0.717) is 16.8 Å². The maximum atomic E-state index is 12.3. The van der Waals surface area contributed by atoms with E-state index in [1.807, 2.05) is 34.7 Å². The van der Waals surface area contributed by atoms with Gasteiger partial charge in [0.1, 0.15) is 11.8 Å². The summed E-state index contributed by atoms with van der Waals surface area (Å²) < 4.78 is 12.2. The van der Waals surface area contributed by atoms with Crippen molar-refractivity contribution in [3.63, 3.8) is 0 Å². The van der Waals surface area contributed by atoms with E-state index in [2.05, 4.69) is 5.92 Å². The molecule has 0 aliphatic heterocycles. The lowest BCUT2D eigenvalue weighted by molar-refractivity contribution is 0.0561. The number of nitriles is 1. The Morgan fingerprint density at radius 1 is 1.17 bits per heavy atom. The highest BCUT2D eigenvalue weighted by Gasteiger charge is 2.19. The van der Waals surface area contributed by atoms with Crippen LogP contribution in [0, 0.1) is 23.7 Å². The molecule has 5 heteroatoms. The first-order valence-corrected chi connectivity index (χ1v) is 6.89. The molecule has 0 aliphatic rings. The van der Waals surface area contributed by atoms with Crippen LogP contribution in [0.3, 0.4) is 0 Å². The molecule has 0 radical (unpaired) electrons. The van der Waals surface area contributed by atoms with Gasteiger partial charge in [0.15, 0.2) is 13.2 Å². The summed E-state index contributed by atoms with van der Waals surface area (Å²) in [5, 5.41) is 9.38. The summed E-state index contributed by atoms with van der Waals surface area (Å²) in [5.74, 6) is 2.37. The first-order valence-electron chi connectivity index (χ1n) is 6.89. The molecule has 0 saturated carbocycles. The molecule has 0 unspecified atom stereocenters. The van der Waals surface area contributed by atoms with Crippen molar-refractivity contribution in [1.29, 1.82) is 5.26 Å². The number of aromatic nitrogens is 1. The highest BCUT2D eigenvalue weighted by atomic mass is 16.5. The third-order valence-corrected chi connectivity index (χ3v) is 3.40. The number of carbonyl (C=O) groups excluding carboxylic acids is 1. The van der Waals surface area contributed by atoms with Crippen LogP contribution in [0.4, 0.5) is 0 Å². The van der Waals surface area contributed by atoms with Gasteiger partial charge in [-0.15, -0.1) is 6.42 Å². The molecular weight excluding hydrogens is 292 g/mol. The maximum Gasteiger partial charge on any atom is 0.341 e. The Hall–Kier alpha value is -3.44. The number of fused-ring (bicyclic) bond motifs is 3. The third kappa shape index (κ3) is 2.56. The second kappa shape index (κ2) is 6.13. The summed E-state index contributed by atoms with van der Waals surface area (Å²) >= 11 is 0. The number of ether oxygens (including phenoxy) is 2. The van der Waals surface area contributed by atoms with Gasteiger partial charge >= 0.3 is 5.97 Å². The van der Waals surface area contributed by atoms with Crippen LogP contribution in [0.2, 0.25) is 0 Å². The van der Waals surface area contributed by atoms with Crippen molar-refractivity contribution in [3.05, 3.63) is 48.2 Å². The topological polar surface area (TPSA) is 63.7 Å². The van der Waals surface area contributed by atoms with Gasteiger partial charge in [0.25, 0.3) is 0 Å². The van der Waals surface area contributed by atoms with Gasteiger partial charge in [-0.05, 0) is 18.2 Å². The molecule has 1 aromatic carbocycles. The minimum absolute atomic E-state index is 0.0399. The van der Waals surface area contributed by atoms with Crippen molar-refractivity contribution in [3.8, 4) is 24.2 Å². The van der Waals surface area contributed by atoms with Gasteiger partial charge in [-0.1, -0.05) is 24.1 Å². The fourth-order valence-electron chi connectivity index (χ4n) is 2.51. The number of hydrogen-bond donors (Lipinski definition) is 0. The first-order chi connectivity index (χ1) is 11.3. The average Bonchev–Trinajstić information content (AvgIpc) is 2.91. The first kappa shape index (κ1) is 14.5. The zero-order valence-electron chi connectivity index (χ0n) is 12.2. The molecule has 0 fully saturated rings. The van der Waals surface area contributed by atoms with E-state index < -0.39 is 5.97 Å². The Morgan fingerprint density at radius 2 is 2.00 bits per heavy atom. The Labute approximate surface area is 132 Å².